The van der Waals surface area contributed by atoms with Crippen LogP contribution in [0.25, 0.3) is 0 Å². The second-order valence-corrected chi connectivity index (χ2v) is 7.39. The minimum atomic E-state index is 0.194. The third kappa shape index (κ3) is 2.48. The lowest BCUT2D eigenvalue weighted by molar-refractivity contribution is -0.135. The fourth-order valence-electron chi connectivity index (χ4n) is 3.99. The highest BCUT2D eigenvalue weighted by molar-refractivity contribution is 5.82. The van der Waals surface area contributed by atoms with Crippen LogP contribution in [0.2, 0.25) is 0 Å². The second-order valence-electron chi connectivity index (χ2n) is 7.39. The molecule has 5 rings (SSSR count). The molecule has 0 bridgehead atoms. The van der Waals surface area contributed by atoms with Gasteiger partial charge in [0.05, 0.1) is 26.4 Å². The van der Waals surface area contributed by atoms with Crippen LogP contribution in [0.5, 0.6) is 0 Å². The molecule has 1 aromatic rings. The van der Waals surface area contributed by atoms with Crippen LogP contribution >= 0.6 is 0 Å². The fraction of sp³-hybridized carbons (Fsp3) is 0.765. The van der Waals surface area contributed by atoms with Gasteiger partial charge < -0.3 is 18.9 Å². The summed E-state index contributed by atoms with van der Waals surface area (Å²) in [6, 6.07) is 0. The van der Waals surface area contributed by atoms with E-state index in [2.05, 4.69) is 5.16 Å². The summed E-state index contributed by atoms with van der Waals surface area (Å²) >= 11 is 0. The van der Waals surface area contributed by atoms with Gasteiger partial charge in [0, 0.05) is 31.1 Å². The van der Waals surface area contributed by atoms with Gasteiger partial charge in [-0.2, -0.15) is 0 Å². The minimum absolute atomic E-state index is 0.194. The quantitative estimate of drug-likeness (QED) is 0.820. The van der Waals surface area contributed by atoms with Crippen LogP contribution in [-0.4, -0.2) is 42.3 Å². The van der Waals surface area contributed by atoms with E-state index >= 15 is 0 Å². The molecule has 3 fully saturated rings. The second kappa shape index (κ2) is 5.31. The van der Waals surface area contributed by atoms with Crippen LogP contribution < -0.4 is 0 Å². The predicted octanol–water partition coefficient (Wildman–Crippen LogP) is 1.38. The summed E-state index contributed by atoms with van der Waals surface area (Å²) in [5.74, 6) is 3.09. The van der Waals surface area contributed by atoms with Crippen molar-refractivity contribution in [3.63, 3.8) is 0 Å². The molecule has 23 heavy (non-hydrogen) atoms. The van der Waals surface area contributed by atoms with E-state index in [0.717, 1.165) is 55.7 Å². The average Bonchev–Trinajstić information content (AvgIpc) is 3.43. The summed E-state index contributed by atoms with van der Waals surface area (Å²) in [5, 5.41) is 4.17. The van der Waals surface area contributed by atoms with Gasteiger partial charge in [0.25, 0.3) is 0 Å². The zero-order chi connectivity index (χ0) is 15.4. The molecule has 1 saturated heterocycles. The number of amides is 1. The minimum Gasteiger partial charge on any atom is -0.381 e. The number of fused-ring (bicyclic) bond motifs is 2. The van der Waals surface area contributed by atoms with E-state index in [9.17, 15) is 4.79 Å². The molecule has 3 atom stereocenters. The van der Waals surface area contributed by atoms with Crippen molar-refractivity contribution >= 4 is 5.91 Å². The Morgan fingerprint density at radius 1 is 1.30 bits per heavy atom. The topological polar surface area (TPSA) is 64.8 Å². The largest absolute Gasteiger partial charge is 0.381 e. The first-order valence-corrected chi connectivity index (χ1v) is 8.72. The van der Waals surface area contributed by atoms with Crippen molar-refractivity contribution in [2.75, 3.05) is 26.4 Å². The first-order valence-electron chi connectivity index (χ1n) is 8.72. The van der Waals surface area contributed by atoms with Gasteiger partial charge in [-0.1, -0.05) is 5.16 Å². The van der Waals surface area contributed by atoms with Gasteiger partial charge in [-0.05, 0) is 30.6 Å². The molecule has 1 aromatic heterocycles. The van der Waals surface area contributed by atoms with E-state index < -0.39 is 0 Å². The molecule has 0 aromatic carbocycles. The Morgan fingerprint density at radius 3 is 2.91 bits per heavy atom. The normalized spacial score (nSPS) is 31.8. The molecule has 3 heterocycles. The molecule has 0 N–H and O–H groups in total. The van der Waals surface area contributed by atoms with Gasteiger partial charge in [-0.25, -0.2) is 0 Å². The van der Waals surface area contributed by atoms with Crippen molar-refractivity contribution in [1.82, 2.24) is 10.1 Å². The number of hydrogen-bond acceptors (Lipinski definition) is 5. The lowest BCUT2D eigenvalue weighted by atomic mass is 10.1. The summed E-state index contributed by atoms with van der Waals surface area (Å²) in [6.45, 7) is 4.19. The number of nitrogens with zero attached hydrogens (tertiary/aromatic N) is 2. The van der Waals surface area contributed by atoms with Crippen LogP contribution in [0.15, 0.2) is 4.52 Å². The average molecular weight is 318 g/mol. The summed E-state index contributed by atoms with van der Waals surface area (Å²) in [7, 11) is 0. The third-order valence-electron chi connectivity index (χ3n) is 5.75. The van der Waals surface area contributed by atoms with Crippen molar-refractivity contribution in [3.05, 3.63) is 17.0 Å². The monoisotopic (exact) mass is 318 g/mol. The van der Waals surface area contributed by atoms with E-state index in [1.165, 1.54) is 12.8 Å². The molecule has 1 unspecified atom stereocenters. The molecule has 1 amide bonds. The fourth-order valence-corrected chi connectivity index (χ4v) is 3.99. The van der Waals surface area contributed by atoms with Crippen LogP contribution in [0.4, 0.5) is 0 Å². The molecule has 6 nitrogen and oxygen atoms in total. The highest BCUT2D eigenvalue weighted by Crippen LogP contribution is 2.51. The highest BCUT2D eigenvalue weighted by atomic mass is 16.5. The molecule has 124 valence electrons. The van der Waals surface area contributed by atoms with Crippen molar-refractivity contribution in [2.45, 2.75) is 32.4 Å². The summed E-state index contributed by atoms with van der Waals surface area (Å²) < 4.78 is 16.6. The predicted molar refractivity (Wildman–Crippen MR) is 79.3 cm³/mol. The van der Waals surface area contributed by atoms with Gasteiger partial charge in [0.15, 0.2) is 0 Å². The molecule has 2 aliphatic heterocycles. The zero-order valence-corrected chi connectivity index (χ0v) is 13.2. The molecule has 0 radical (unpaired) electrons. The first-order chi connectivity index (χ1) is 11.3. The Balaban J connectivity index is 1.24. The van der Waals surface area contributed by atoms with Gasteiger partial charge in [-0.3, -0.25) is 4.79 Å². The van der Waals surface area contributed by atoms with Crippen molar-refractivity contribution in [3.8, 4) is 0 Å². The van der Waals surface area contributed by atoms with Gasteiger partial charge >= 0.3 is 0 Å². The Morgan fingerprint density at radius 2 is 2.13 bits per heavy atom. The van der Waals surface area contributed by atoms with Gasteiger partial charge in [0.2, 0.25) is 5.91 Å². The van der Waals surface area contributed by atoms with E-state index in [-0.39, 0.29) is 5.92 Å². The van der Waals surface area contributed by atoms with E-state index in [1.54, 1.807) is 0 Å². The standard InChI is InChI=1S/C17H22N2O4/c20-17(16-12-7-22-8-13(12)16)19-4-3-15-11(5-19)14(18-23-15)9-21-6-10-1-2-10/h10,12-13,16H,1-9H2/t12-,13+,16?. The molecule has 2 saturated carbocycles. The van der Waals surface area contributed by atoms with Gasteiger partial charge in [-0.15, -0.1) is 0 Å². The van der Waals surface area contributed by atoms with Crippen LogP contribution in [0.1, 0.15) is 29.9 Å². The maximum Gasteiger partial charge on any atom is 0.226 e. The smallest absolute Gasteiger partial charge is 0.226 e. The van der Waals surface area contributed by atoms with Crippen molar-refractivity contribution in [2.24, 2.45) is 23.7 Å². The number of hydrogen-bond donors (Lipinski definition) is 0. The highest BCUT2D eigenvalue weighted by Gasteiger charge is 2.59. The zero-order valence-electron chi connectivity index (χ0n) is 13.2. The lowest BCUT2D eigenvalue weighted by Gasteiger charge is -2.27. The molecular formula is C17H22N2O4. The number of rotatable bonds is 5. The number of aromatic nitrogens is 1. The Hall–Kier alpha value is -1.40. The molecular weight excluding hydrogens is 296 g/mol. The Labute approximate surface area is 135 Å². The van der Waals surface area contributed by atoms with Crippen LogP contribution in [0.3, 0.4) is 0 Å². The van der Waals surface area contributed by atoms with Crippen LogP contribution in [-0.2, 0) is 33.8 Å². The maximum absolute atomic E-state index is 12.7. The third-order valence-corrected chi connectivity index (χ3v) is 5.75. The summed E-state index contributed by atoms with van der Waals surface area (Å²) in [4.78, 5) is 14.7. The Bertz CT molecular complexity index is 614. The number of carbonyl (C=O) groups excluding carboxylic acids is 1. The van der Waals surface area contributed by atoms with E-state index in [1.807, 2.05) is 4.90 Å². The number of ether oxygens (including phenoxy) is 2. The van der Waals surface area contributed by atoms with E-state index in [0.29, 0.717) is 30.9 Å². The Kier molecular flexibility index (Phi) is 3.23. The molecule has 6 heteroatoms. The van der Waals surface area contributed by atoms with E-state index in [4.69, 9.17) is 14.0 Å². The first kappa shape index (κ1) is 14.0. The summed E-state index contributed by atoms with van der Waals surface area (Å²) in [6.07, 6.45) is 3.33. The lowest BCUT2D eigenvalue weighted by Crippen LogP contribution is -2.38. The van der Waals surface area contributed by atoms with Gasteiger partial charge in [0.1, 0.15) is 11.5 Å². The molecule has 0 spiro atoms. The van der Waals surface area contributed by atoms with Crippen LogP contribution in [0, 0.1) is 23.7 Å². The summed E-state index contributed by atoms with van der Waals surface area (Å²) in [5.41, 5.74) is 1.94. The van der Waals surface area contributed by atoms with Crippen molar-refractivity contribution < 1.29 is 18.8 Å². The van der Waals surface area contributed by atoms with Crippen molar-refractivity contribution in [1.29, 1.82) is 0 Å². The SMILES string of the molecule is O=C(C1[C@H]2COC[C@@H]12)N1CCc2onc(COCC3CC3)c2C1. The molecule has 4 aliphatic rings. The number of carbonyl (C=O) groups is 1. The molecule has 2 aliphatic carbocycles. The maximum atomic E-state index is 12.7.